The van der Waals surface area contributed by atoms with E-state index >= 15 is 0 Å². The Kier molecular flexibility index (Phi) is 3.74. The molecule has 0 aromatic heterocycles. The fourth-order valence-corrected chi connectivity index (χ4v) is 2.18. The number of nitrogens with one attached hydrogen (secondary N) is 2. The Hall–Kier alpha value is -1.42. The van der Waals surface area contributed by atoms with Crippen molar-refractivity contribution in [2.24, 2.45) is 5.92 Å². The summed E-state index contributed by atoms with van der Waals surface area (Å²) >= 11 is 0. The molecule has 1 amide bonds. The van der Waals surface area contributed by atoms with Gasteiger partial charge in [-0.05, 0) is 37.6 Å². The Balaban J connectivity index is 1.88. The average molecular weight is 236 g/mol. The molecule has 1 heterocycles. The number of carbonyl (C=O) groups is 1. The SMILES string of the molecule is C[C@H]1NCC[C@H]1C(=O)NCc1cccc(F)c1. The van der Waals surface area contributed by atoms with Crippen molar-refractivity contribution in [1.82, 2.24) is 10.6 Å². The number of hydrogen-bond donors (Lipinski definition) is 2. The van der Waals surface area contributed by atoms with E-state index in [-0.39, 0.29) is 23.7 Å². The van der Waals surface area contributed by atoms with Crippen LogP contribution in [-0.2, 0) is 11.3 Å². The Morgan fingerprint density at radius 3 is 3.06 bits per heavy atom. The first-order valence-electron chi connectivity index (χ1n) is 5.92. The van der Waals surface area contributed by atoms with Gasteiger partial charge in [0, 0.05) is 12.6 Å². The van der Waals surface area contributed by atoms with Gasteiger partial charge < -0.3 is 10.6 Å². The van der Waals surface area contributed by atoms with Crippen molar-refractivity contribution >= 4 is 5.91 Å². The van der Waals surface area contributed by atoms with Crippen LogP contribution in [0.15, 0.2) is 24.3 Å². The van der Waals surface area contributed by atoms with E-state index in [9.17, 15) is 9.18 Å². The van der Waals surface area contributed by atoms with Crippen LogP contribution >= 0.6 is 0 Å². The van der Waals surface area contributed by atoms with E-state index in [1.807, 2.05) is 6.92 Å². The minimum atomic E-state index is -0.271. The molecule has 0 bridgehead atoms. The van der Waals surface area contributed by atoms with E-state index in [1.54, 1.807) is 12.1 Å². The van der Waals surface area contributed by atoms with Crippen LogP contribution in [-0.4, -0.2) is 18.5 Å². The van der Waals surface area contributed by atoms with Crippen LogP contribution in [0.2, 0.25) is 0 Å². The standard InChI is InChI=1S/C13H17FN2O/c1-9-12(5-6-15-9)13(17)16-8-10-3-2-4-11(14)7-10/h2-4,7,9,12,15H,5-6,8H2,1H3,(H,16,17)/t9-,12-/m1/s1. The molecule has 4 heteroatoms. The monoisotopic (exact) mass is 236 g/mol. The van der Waals surface area contributed by atoms with E-state index < -0.39 is 0 Å². The molecule has 1 aliphatic heterocycles. The summed E-state index contributed by atoms with van der Waals surface area (Å²) in [6, 6.07) is 6.52. The smallest absolute Gasteiger partial charge is 0.224 e. The van der Waals surface area contributed by atoms with Crippen LogP contribution in [0.1, 0.15) is 18.9 Å². The molecule has 0 saturated carbocycles. The van der Waals surface area contributed by atoms with E-state index in [4.69, 9.17) is 0 Å². The Labute approximate surface area is 100 Å². The minimum absolute atomic E-state index is 0.0311. The topological polar surface area (TPSA) is 41.1 Å². The van der Waals surface area contributed by atoms with Gasteiger partial charge in [0.15, 0.2) is 0 Å². The third-order valence-electron chi connectivity index (χ3n) is 3.22. The van der Waals surface area contributed by atoms with Gasteiger partial charge in [0.25, 0.3) is 0 Å². The van der Waals surface area contributed by atoms with Crippen LogP contribution in [0, 0.1) is 11.7 Å². The molecule has 2 rings (SSSR count). The summed E-state index contributed by atoms with van der Waals surface area (Å²) in [7, 11) is 0. The molecule has 1 saturated heterocycles. The van der Waals surface area contributed by atoms with Gasteiger partial charge in [-0.15, -0.1) is 0 Å². The van der Waals surface area contributed by atoms with Gasteiger partial charge in [-0.1, -0.05) is 12.1 Å². The van der Waals surface area contributed by atoms with Gasteiger partial charge in [0.2, 0.25) is 5.91 Å². The molecule has 1 aromatic carbocycles. The van der Waals surface area contributed by atoms with Gasteiger partial charge >= 0.3 is 0 Å². The van der Waals surface area contributed by atoms with Gasteiger partial charge in [-0.25, -0.2) is 4.39 Å². The molecule has 1 fully saturated rings. The zero-order valence-corrected chi connectivity index (χ0v) is 9.87. The van der Waals surface area contributed by atoms with E-state index in [0.29, 0.717) is 6.54 Å². The normalized spacial score (nSPS) is 23.6. The van der Waals surface area contributed by atoms with Crippen molar-refractivity contribution < 1.29 is 9.18 Å². The third-order valence-corrected chi connectivity index (χ3v) is 3.22. The summed E-state index contributed by atoms with van der Waals surface area (Å²) in [6.45, 7) is 3.29. The van der Waals surface area contributed by atoms with Gasteiger partial charge in [-0.3, -0.25) is 4.79 Å². The number of hydrogen-bond acceptors (Lipinski definition) is 2. The number of amides is 1. The fourth-order valence-electron chi connectivity index (χ4n) is 2.18. The van der Waals surface area contributed by atoms with Crippen molar-refractivity contribution in [2.75, 3.05) is 6.54 Å². The lowest BCUT2D eigenvalue weighted by Gasteiger charge is -2.14. The summed E-state index contributed by atoms with van der Waals surface area (Å²) in [5, 5.41) is 6.09. The largest absolute Gasteiger partial charge is 0.352 e. The van der Waals surface area contributed by atoms with E-state index in [1.165, 1.54) is 12.1 Å². The number of carbonyl (C=O) groups excluding carboxylic acids is 1. The Morgan fingerprint density at radius 2 is 2.41 bits per heavy atom. The highest BCUT2D eigenvalue weighted by molar-refractivity contribution is 5.79. The molecule has 3 nitrogen and oxygen atoms in total. The summed E-state index contributed by atoms with van der Waals surface area (Å²) in [5.74, 6) is -0.192. The zero-order chi connectivity index (χ0) is 12.3. The van der Waals surface area contributed by atoms with Crippen LogP contribution in [0.25, 0.3) is 0 Å². The first-order valence-corrected chi connectivity index (χ1v) is 5.92. The molecule has 1 aromatic rings. The van der Waals surface area contributed by atoms with Gasteiger partial charge in [0.05, 0.1) is 5.92 Å². The molecule has 92 valence electrons. The van der Waals surface area contributed by atoms with E-state index in [2.05, 4.69) is 10.6 Å². The van der Waals surface area contributed by atoms with Crippen LogP contribution in [0.5, 0.6) is 0 Å². The van der Waals surface area contributed by atoms with Crippen LogP contribution in [0.3, 0.4) is 0 Å². The van der Waals surface area contributed by atoms with Crippen molar-refractivity contribution in [2.45, 2.75) is 25.9 Å². The second kappa shape index (κ2) is 5.27. The summed E-state index contributed by atoms with van der Waals surface area (Å²) in [6.07, 6.45) is 0.871. The first kappa shape index (κ1) is 12.0. The zero-order valence-electron chi connectivity index (χ0n) is 9.87. The molecule has 2 atom stereocenters. The quantitative estimate of drug-likeness (QED) is 0.833. The summed E-state index contributed by atoms with van der Waals surface area (Å²) in [4.78, 5) is 11.9. The van der Waals surface area contributed by atoms with E-state index in [0.717, 1.165) is 18.5 Å². The highest BCUT2D eigenvalue weighted by Crippen LogP contribution is 2.15. The highest BCUT2D eigenvalue weighted by Gasteiger charge is 2.28. The van der Waals surface area contributed by atoms with Crippen molar-refractivity contribution in [3.8, 4) is 0 Å². The average Bonchev–Trinajstić information content (AvgIpc) is 2.72. The van der Waals surface area contributed by atoms with Crippen LogP contribution in [0.4, 0.5) is 4.39 Å². The molecule has 0 unspecified atom stereocenters. The van der Waals surface area contributed by atoms with Crippen molar-refractivity contribution in [3.63, 3.8) is 0 Å². The number of benzene rings is 1. The predicted octanol–water partition coefficient (Wildman–Crippen LogP) is 1.44. The maximum Gasteiger partial charge on any atom is 0.224 e. The minimum Gasteiger partial charge on any atom is -0.352 e. The maximum absolute atomic E-state index is 12.9. The molecule has 17 heavy (non-hydrogen) atoms. The second-order valence-electron chi connectivity index (χ2n) is 4.49. The number of rotatable bonds is 3. The molecular weight excluding hydrogens is 219 g/mol. The maximum atomic E-state index is 12.9. The number of halogens is 1. The third kappa shape index (κ3) is 3.03. The molecule has 0 aliphatic carbocycles. The molecule has 2 N–H and O–H groups in total. The molecular formula is C13H17FN2O. The lowest BCUT2D eigenvalue weighted by Crippen LogP contribution is -2.36. The van der Waals surface area contributed by atoms with Crippen molar-refractivity contribution in [1.29, 1.82) is 0 Å². The van der Waals surface area contributed by atoms with Crippen molar-refractivity contribution in [3.05, 3.63) is 35.6 Å². The second-order valence-corrected chi connectivity index (χ2v) is 4.49. The first-order chi connectivity index (χ1) is 8.16. The predicted molar refractivity (Wildman–Crippen MR) is 63.8 cm³/mol. The lowest BCUT2D eigenvalue weighted by molar-refractivity contribution is -0.125. The van der Waals surface area contributed by atoms with Gasteiger partial charge in [0.1, 0.15) is 5.82 Å². The molecule has 1 aliphatic rings. The highest BCUT2D eigenvalue weighted by atomic mass is 19.1. The van der Waals surface area contributed by atoms with Gasteiger partial charge in [-0.2, -0.15) is 0 Å². The molecule has 0 radical (unpaired) electrons. The summed E-state index contributed by atoms with van der Waals surface area (Å²) < 4.78 is 12.9. The Bertz CT molecular complexity index is 408. The summed E-state index contributed by atoms with van der Waals surface area (Å²) in [5.41, 5.74) is 0.789. The molecule has 0 spiro atoms. The fraction of sp³-hybridized carbons (Fsp3) is 0.462. The lowest BCUT2D eigenvalue weighted by atomic mass is 10.0. The Morgan fingerprint density at radius 1 is 1.59 bits per heavy atom. The van der Waals surface area contributed by atoms with Crippen LogP contribution < -0.4 is 10.6 Å².